The Bertz CT molecular complexity index is 1080. The number of amides is 1. The number of anilines is 2. The van der Waals surface area contributed by atoms with Gasteiger partial charge in [-0.1, -0.05) is 0 Å². The molecule has 1 amide bonds. The number of halogens is 1. The van der Waals surface area contributed by atoms with Gasteiger partial charge in [0.2, 0.25) is 11.9 Å². The van der Waals surface area contributed by atoms with Gasteiger partial charge in [0.1, 0.15) is 5.82 Å². The number of furan rings is 1. The molecule has 31 heavy (non-hydrogen) atoms. The first-order chi connectivity index (χ1) is 14.6. The van der Waals surface area contributed by atoms with Crippen molar-refractivity contribution >= 4 is 47.1 Å². The summed E-state index contributed by atoms with van der Waals surface area (Å²) in [4.78, 5) is 25.3. The first kappa shape index (κ1) is 22.2. The Morgan fingerprint density at radius 1 is 1.13 bits per heavy atom. The highest BCUT2D eigenvalue weighted by Gasteiger charge is 2.22. The summed E-state index contributed by atoms with van der Waals surface area (Å²) in [5.41, 5.74) is 7.72. The number of carbonyl (C=O) groups is 1. The SMILES string of the molecule is COc1cc2nc(N3CCN(C(=O)/C=C/c4ccoc4)CC3)nc(N)c2cc1OC.Cl. The number of methoxy groups -OCH3 is 2. The molecular formula is C21H24ClN5O4. The van der Waals surface area contributed by atoms with Gasteiger partial charge in [-0.3, -0.25) is 4.79 Å². The number of carbonyl (C=O) groups excluding carboxylic acids is 1. The van der Waals surface area contributed by atoms with Crippen molar-refractivity contribution < 1.29 is 18.7 Å². The number of fused-ring (bicyclic) bond motifs is 1. The Morgan fingerprint density at radius 3 is 2.48 bits per heavy atom. The van der Waals surface area contributed by atoms with Gasteiger partial charge in [0, 0.05) is 49.3 Å². The number of hydrogen-bond acceptors (Lipinski definition) is 8. The van der Waals surface area contributed by atoms with Crippen LogP contribution >= 0.6 is 12.4 Å². The Hall–Kier alpha value is -3.46. The molecule has 1 aromatic carbocycles. The zero-order chi connectivity index (χ0) is 21.1. The number of nitrogens with two attached hydrogens (primary N) is 1. The van der Waals surface area contributed by atoms with E-state index < -0.39 is 0 Å². The van der Waals surface area contributed by atoms with Crippen LogP contribution in [0, 0.1) is 0 Å². The van der Waals surface area contributed by atoms with E-state index in [1.54, 1.807) is 62.0 Å². The second-order valence-corrected chi connectivity index (χ2v) is 6.84. The number of nitrogen functional groups attached to an aromatic ring is 1. The fourth-order valence-corrected chi connectivity index (χ4v) is 3.38. The van der Waals surface area contributed by atoms with Gasteiger partial charge in [-0.2, -0.15) is 4.98 Å². The molecule has 3 heterocycles. The molecule has 0 aliphatic carbocycles. The molecule has 0 spiro atoms. The Labute approximate surface area is 185 Å². The van der Waals surface area contributed by atoms with Crippen LogP contribution in [0.3, 0.4) is 0 Å². The molecule has 164 valence electrons. The molecule has 3 aromatic rings. The van der Waals surface area contributed by atoms with Crippen molar-refractivity contribution in [3.05, 3.63) is 42.4 Å². The standard InChI is InChI=1S/C21H23N5O4.ClH/c1-28-17-11-15-16(12-18(17)29-2)23-21(24-20(15)22)26-8-6-25(7-9-26)19(27)4-3-14-5-10-30-13-14;/h3-5,10-13H,6-9H2,1-2H3,(H2,22,23,24);1H/b4-3+;. The molecule has 0 unspecified atom stereocenters. The fraction of sp³-hybridized carbons (Fsp3) is 0.286. The van der Waals surface area contributed by atoms with Gasteiger partial charge in [-0.25, -0.2) is 4.98 Å². The minimum atomic E-state index is -0.0355. The minimum absolute atomic E-state index is 0. The lowest BCUT2D eigenvalue weighted by atomic mass is 10.2. The second-order valence-electron chi connectivity index (χ2n) is 6.84. The van der Waals surface area contributed by atoms with Crippen LogP contribution < -0.4 is 20.1 Å². The number of aromatic nitrogens is 2. The average Bonchev–Trinajstić information content (AvgIpc) is 3.30. The third kappa shape index (κ3) is 4.66. The summed E-state index contributed by atoms with van der Waals surface area (Å²) in [6, 6.07) is 5.36. The van der Waals surface area contributed by atoms with E-state index in [1.165, 1.54) is 0 Å². The summed E-state index contributed by atoms with van der Waals surface area (Å²) in [5.74, 6) is 2.02. The molecule has 2 aromatic heterocycles. The molecule has 0 bridgehead atoms. The van der Waals surface area contributed by atoms with Gasteiger partial charge < -0.3 is 29.4 Å². The average molecular weight is 446 g/mol. The van der Waals surface area contributed by atoms with Crippen molar-refractivity contribution in [2.45, 2.75) is 0 Å². The van der Waals surface area contributed by atoms with Gasteiger partial charge in [0.15, 0.2) is 11.5 Å². The molecule has 1 fully saturated rings. The van der Waals surface area contributed by atoms with E-state index in [1.807, 2.05) is 4.90 Å². The molecule has 1 aliphatic rings. The van der Waals surface area contributed by atoms with Crippen LogP contribution in [0.15, 0.2) is 41.2 Å². The zero-order valence-corrected chi connectivity index (χ0v) is 18.1. The van der Waals surface area contributed by atoms with Gasteiger partial charge in [-0.05, 0) is 18.2 Å². The number of hydrogen-bond donors (Lipinski definition) is 1. The van der Waals surface area contributed by atoms with Crippen LogP contribution in [-0.2, 0) is 4.79 Å². The molecule has 0 atom stereocenters. The van der Waals surface area contributed by atoms with E-state index >= 15 is 0 Å². The number of benzene rings is 1. The van der Waals surface area contributed by atoms with Crippen molar-refractivity contribution in [1.29, 1.82) is 0 Å². The van der Waals surface area contributed by atoms with Gasteiger partial charge in [-0.15, -0.1) is 12.4 Å². The molecule has 1 aliphatic heterocycles. The largest absolute Gasteiger partial charge is 0.493 e. The van der Waals surface area contributed by atoms with Crippen molar-refractivity contribution in [1.82, 2.24) is 14.9 Å². The summed E-state index contributed by atoms with van der Waals surface area (Å²) < 4.78 is 15.7. The third-order valence-electron chi connectivity index (χ3n) is 5.05. The lowest BCUT2D eigenvalue weighted by Crippen LogP contribution is -2.48. The normalized spacial score (nSPS) is 14.0. The maximum Gasteiger partial charge on any atom is 0.246 e. The molecule has 9 nitrogen and oxygen atoms in total. The van der Waals surface area contributed by atoms with Crippen molar-refractivity contribution in [2.75, 3.05) is 51.0 Å². The summed E-state index contributed by atoms with van der Waals surface area (Å²) in [6.45, 7) is 2.37. The lowest BCUT2D eigenvalue weighted by Gasteiger charge is -2.34. The number of nitrogens with zero attached hydrogens (tertiary/aromatic N) is 4. The number of rotatable bonds is 5. The second kappa shape index (κ2) is 9.57. The van der Waals surface area contributed by atoms with E-state index in [0.29, 0.717) is 60.3 Å². The van der Waals surface area contributed by atoms with E-state index in [-0.39, 0.29) is 18.3 Å². The van der Waals surface area contributed by atoms with Crippen molar-refractivity contribution in [3.63, 3.8) is 0 Å². The minimum Gasteiger partial charge on any atom is -0.493 e. The molecule has 0 saturated carbocycles. The zero-order valence-electron chi connectivity index (χ0n) is 17.3. The monoisotopic (exact) mass is 445 g/mol. The smallest absolute Gasteiger partial charge is 0.246 e. The first-order valence-corrected chi connectivity index (χ1v) is 9.52. The Kier molecular flexibility index (Phi) is 6.86. The lowest BCUT2D eigenvalue weighted by molar-refractivity contribution is -0.126. The van der Waals surface area contributed by atoms with E-state index in [2.05, 4.69) is 9.97 Å². The summed E-state index contributed by atoms with van der Waals surface area (Å²) in [5, 5.41) is 0.703. The highest BCUT2D eigenvalue weighted by atomic mass is 35.5. The van der Waals surface area contributed by atoms with Crippen LogP contribution in [0.2, 0.25) is 0 Å². The van der Waals surface area contributed by atoms with E-state index in [0.717, 1.165) is 5.56 Å². The maximum absolute atomic E-state index is 12.4. The van der Waals surface area contributed by atoms with Gasteiger partial charge in [0.25, 0.3) is 0 Å². The Morgan fingerprint density at radius 2 is 1.84 bits per heavy atom. The molecular weight excluding hydrogens is 422 g/mol. The van der Waals surface area contributed by atoms with Crippen LogP contribution in [0.4, 0.5) is 11.8 Å². The topological polar surface area (TPSA) is 107 Å². The number of ether oxygens (including phenoxy) is 2. The molecule has 0 radical (unpaired) electrons. The fourth-order valence-electron chi connectivity index (χ4n) is 3.38. The maximum atomic E-state index is 12.4. The van der Waals surface area contributed by atoms with Crippen molar-refractivity contribution in [2.24, 2.45) is 0 Å². The quantitative estimate of drug-likeness (QED) is 0.597. The van der Waals surface area contributed by atoms with Gasteiger partial charge in [0.05, 0.1) is 32.3 Å². The molecule has 2 N–H and O–H groups in total. The predicted molar refractivity (Wildman–Crippen MR) is 121 cm³/mol. The highest BCUT2D eigenvalue weighted by Crippen LogP contribution is 2.34. The van der Waals surface area contributed by atoms with Crippen LogP contribution in [0.1, 0.15) is 5.56 Å². The molecule has 10 heteroatoms. The highest BCUT2D eigenvalue weighted by molar-refractivity contribution is 5.92. The van der Waals surface area contributed by atoms with E-state index in [9.17, 15) is 4.79 Å². The Balaban J connectivity index is 0.00000272. The van der Waals surface area contributed by atoms with Crippen LogP contribution in [0.5, 0.6) is 11.5 Å². The number of piperazine rings is 1. The van der Waals surface area contributed by atoms with Gasteiger partial charge >= 0.3 is 0 Å². The van der Waals surface area contributed by atoms with Crippen LogP contribution in [0.25, 0.3) is 17.0 Å². The van der Waals surface area contributed by atoms with Crippen molar-refractivity contribution in [3.8, 4) is 11.5 Å². The van der Waals surface area contributed by atoms with E-state index in [4.69, 9.17) is 19.6 Å². The predicted octanol–water partition coefficient (Wildman–Crippen LogP) is 2.61. The molecule has 1 saturated heterocycles. The summed E-state index contributed by atoms with van der Waals surface area (Å²) >= 11 is 0. The summed E-state index contributed by atoms with van der Waals surface area (Å²) in [7, 11) is 3.15. The summed E-state index contributed by atoms with van der Waals surface area (Å²) in [6.07, 6.45) is 6.47. The molecule has 4 rings (SSSR count). The third-order valence-corrected chi connectivity index (χ3v) is 5.05. The van der Waals surface area contributed by atoms with Crippen LogP contribution in [-0.4, -0.2) is 61.2 Å². The first-order valence-electron chi connectivity index (χ1n) is 9.52.